The number of carboxylic acids is 1. The van der Waals surface area contributed by atoms with Crippen molar-refractivity contribution >= 4 is 68.3 Å². The number of alkyl halides is 2. The summed E-state index contributed by atoms with van der Waals surface area (Å²) >= 11 is 3.42. The molecule has 2 amide bonds. The van der Waals surface area contributed by atoms with Gasteiger partial charge in [-0.2, -0.15) is 0 Å². The van der Waals surface area contributed by atoms with Crippen LogP contribution in [-0.4, -0.2) is 50.5 Å². The molecule has 1 aliphatic heterocycles. The van der Waals surface area contributed by atoms with Gasteiger partial charge in [-0.25, -0.2) is 0 Å². The molecule has 0 radical (unpaired) electrons. The standard InChI is InChI=1S/C45H36IN2O6S2/c1-3-25-53-32-15-11-30(12-16-32)48(31-13-17-33(18-14-31)54-27-46-2)29-9-7-28(8-10-29)38-21-23-40(55-38)41-24-22-39(56-41)34-19-20-37-43-35(34)5-4-6-36(43)44(51)47(45(37)52)26-42(49)50/h4-24H,3,25-27H2,1-2H3,(H,49,50)/q-1. The number of halogens is 1. The van der Waals surface area contributed by atoms with Crippen molar-refractivity contribution in [3.05, 3.63) is 139 Å². The molecule has 0 spiro atoms. The summed E-state index contributed by atoms with van der Waals surface area (Å²) in [5, 5.41) is 10.7. The van der Waals surface area contributed by atoms with E-state index in [4.69, 9.17) is 9.47 Å². The zero-order chi connectivity index (χ0) is 38.8. The normalized spacial score (nSPS) is 12.4. The number of aliphatic carboxylic acids is 1. The Morgan fingerprint density at radius 3 is 1.80 bits per heavy atom. The van der Waals surface area contributed by atoms with Crippen LogP contribution in [0.25, 0.3) is 41.4 Å². The van der Waals surface area contributed by atoms with Crippen LogP contribution in [0.2, 0.25) is 0 Å². The van der Waals surface area contributed by atoms with Crippen LogP contribution in [0.3, 0.4) is 0 Å². The molecule has 8 rings (SSSR count). The van der Waals surface area contributed by atoms with Crippen molar-refractivity contribution in [3.63, 3.8) is 0 Å². The number of anilines is 3. The average Bonchev–Trinajstić information content (AvgIpc) is 3.92. The molecule has 1 aliphatic rings. The first-order chi connectivity index (χ1) is 27.3. The van der Waals surface area contributed by atoms with Crippen LogP contribution in [0, 0.1) is 0 Å². The summed E-state index contributed by atoms with van der Waals surface area (Å²) in [6, 6.07) is 42.5. The van der Waals surface area contributed by atoms with E-state index < -0.39 is 24.3 Å². The van der Waals surface area contributed by atoms with Gasteiger partial charge in [-0.15, -0.1) is 22.7 Å². The summed E-state index contributed by atoms with van der Waals surface area (Å²) in [7, 11) is 0. The topological polar surface area (TPSA) is 96.4 Å². The zero-order valence-electron chi connectivity index (χ0n) is 30.5. The molecule has 5 aromatic carbocycles. The molecule has 1 N–H and O–H groups in total. The first-order valence-corrected chi connectivity index (χ1v) is 23.3. The van der Waals surface area contributed by atoms with Crippen molar-refractivity contribution in [2.75, 3.05) is 27.6 Å². The van der Waals surface area contributed by atoms with Crippen LogP contribution < -0.4 is 35.6 Å². The van der Waals surface area contributed by atoms with Gasteiger partial charge >= 0.3 is 163 Å². The van der Waals surface area contributed by atoms with E-state index in [-0.39, 0.29) is 21.2 Å². The fourth-order valence-electron chi connectivity index (χ4n) is 6.82. The fraction of sp³-hybridized carbons (Fsp3) is 0.133. The molecule has 7 aromatic rings. The number of carbonyl (C=O) groups is 3. The molecule has 282 valence electrons. The Morgan fingerprint density at radius 1 is 0.661 bits per heavy atom. The predicted molar refractivity (Wildman–Crippen MR) is 221 cm³/mol. The Morgan fingerprint density at radius 2 is 1.20 bits per heavy atom. The summed E-state index contributed by atoms with van der Waals surface area (Å²) in [4.78, 5) is 47.4. The summed E-state index contributed by atoms with van der Waals surface area (Å²) in [6.07, 6.45) is 0.953. The molecule has 56 heavy (non-hydrogen) atoms. The van der Waals surface area contributed by atoms with Gasteiger partial charge in [-0.1, -0.05) is 25.1 Å². The Bertz CT molecular complexity index is 2490. The van der Waals surface area contributed by atoms with E-state index in [1.54, 1.807) is 40.9 Å². The van der Waals surface area contributed by atoms with Crippen molar-refractivity contribution < 1.29 is 50.2 Å². The SMILES string of the molecule is CCCOc1ccc(N(c2ccc(OC[I-]C)cc2)c2ccc(-c3ccc(-c4ccc(-c5ccc6c7c(cccc57)C(=O)N(CC(=O)O)C6=O)s4)s3)cc2)cc1. The molecule has 0 saturated carbocycles. The van der Waals surface area contributed by atoms with E-state index in [1.165, 1.54) is 0 Å². The van der Waals surface area contributed by atoms with Crippen molar-refractivity contribution in [3.8, 4) is 42.1 Å². The minimum atomic E-state index is -1.24. The fourth-order valence-corrected chi connectivity index (χ4v) is 9.64. The van der Waals surface area contributed by atoms with Gasteiger partial charge in [0.2, 0.25) is 0 Å². The van der Waals surface area contributed by atoms with Crippen LogP contribution in [0.1, 0.15) is 34.1 Å². The maximum absolute atomic E-state index is 13.2. The third-order valence-corrected chi connectivity index (χ3v) is 12.8. The van der Waals surface area contributed by atoms with E-state index in [1.807, 2.05) is 36.4 Å². The molecule has 2 aromatic heterocycles. The molecule has 0 bridgehead atoms. The predicted octanol–water partition coefficient (Wildman–Crippen LogP) is 7.96. The second-order valence-corrected chi connectivity index (χ2v) is 17.4. The number of carbonyl (C=O) groups excluding carboxylic acids is 2. The second-order valence-electron chi connectivity index (χ2n) is 13.0. The number of amides is 2. The van der Waals surface area contributed by atoms with Crippen LogP contribution in [0.4, 0.5) is 17.1 Å². The van der Waals surface area contributed by atoms with Gasteiger partial charge in [0.1, 0.15) is 6.54 Å². The number of imide groups is 1. The number of nitrogens with zero attached hydrogens (tertiary/aromatic N) is 2. The van der Waals surface area contributed by atoms with Crippen molar-refractivity contribution in [1.82, 2.24) is 4.90 Å². The summed E-state index contributed by atoms with van der Waals surface area (Å²) < 4.78 is 12.6. The van der Waals surface area contributed by atoms with E-state index in [9.17, 15) is 19.5 Å². The monoisotopic (exact) mass is 891 g/mol. The van der Waals surface area contributed by atoms with E-state index in [2.05, 4.69) is 89.6 Å². The van der Waals surface area contributed by atoms with Crippen LogP contribution in [0.15, 0.2) is 127 Å². The molecule has 0 atom stereocenters. The molecule has 0 saturated heterocycles. The van der Waals surface area contributed by atoms with Gasteiger partial charge in [0.25, 0.3) is 11.8 Å². The number of benzene rings is 5. The van der Waals surface area contributed by atoms with Gasteiger partial charge in [0, 0.05) is 31.1 Å². The van der Waals surface area contributed by atoms with Crippen LogP contribution >= 0.6 is 22.7 Å². The van der Waals surface area contributed by atoms with Gasteiger partial charge in [-0.05, 0) is 53.8 Å². The van der Waals surface area contributed by atoms with Gasteiger partial charge < -0.3 is 5.11 Å². The molecule has 0 aliphatic carbocycles. The van der Waals surface area contributed by atoms with Crippen LogP contribution in [0.5, 0.6) is 11.5 Å². The Kier molecular flexibility index (Phi) is 10.9. The molecular weight excluding hydrogens is 856 g/mol. The molecule has 8 nitrogen and oxygen atoms in total. The second kappa shape index (κ2) is 16.3. The quantitative estimate of drug-likeness (QED) is 0.0673. The molecule has 0 fully saturated rings. The Balaban J connectivity index is 1.06. The number of carboxylic acid groups (broad SMARTS) is 1. The van der Waals surface area contributed by atoms with Crippen LogP contribution in [-0.2, 0) is 4.79 Å². The van der Waals surface area contributed by atoms with E-state index in [0.717, 1.165) is 80.5 Å². The number of hydrogen-bond donors (Lipinski definition) is 1. The van der Waals surface area contributed by atoms with Gasteiger partial charge in [0.15, 0.2) is 0 Å². The Labute approximate surface area is 342 Å². The molecule has 11 heteroatoms. The summed E-state index contributed by atoms with van der Waals surface area (Å²) in [5.74, 6) is -0.698. The van der Waals surface area contributed by atoms with Gasteiger partial charge in [0.05, 0.1) is 6.61 Å². The first-order valence-electron chi connectivity index (χ1n) is 18.0. The van der Waals surface area contributed by atoms with Crippen molar-refractivity contribution in [2.24, 2.45) is 0 Å². The Hall–Kier alpha value is -5.50. The number of hydrogen-bond acceptors (Lipinski definition) is 8. The number of rotatable bonds is 14. The number of ether oxygens (including phenoxy) is 2. The molecule has 3 heterocycles. The summed E-state index contributed by atoms with van der Waals surface area (Å²) in [6.45, 7) is 2.10. The first kappa shape index (κ1) is 37.4. The third-order valence-electron chi connectivity index (χ3n) is 9.41. The summed E-state index contributed by atoms with van der Waals surface area (Å²) in [5.41, 5.74) is 5.78. The van der Waals surface area contributed by atoms with E-state index >= 15 is 0 Å². The molecule has 0 unspecified atom stereocenters. The van der Waals surface area contributed by atoms with Gasteiger partial charge in [-0.3, -0.25) is 19.3 Å². The third kappa shape index (κ3) is 7.41. The zero-order valence-corrected chi connectivity index (χ0v) is 34.3. The minimum absolute atomic E-state index is 0.0463. The van der Waals surface area contributed by atoms with Crippen molar-refractivity contribution in [2.45, 2.75) is 13.3 Å². The van der Waals surface area contributed by atoms with E-state index in [0.29, 0.717) is 23.1 Å². The van der Waals surface area contributed by atoms with Crippen molar-refractivity contribution in [1.29, 1.82) is 0 Å². The number of thiophene rings is 2. The maximum atomic E-state index is 13.2. The average molecular weight is 892 g/mol. The molecular formula is C45H36IN2O6S2-.